The van der Waals surface area contributed by atoms with E-state index in [0.717, 1.165) is 75.0 Å². The van der Waals surface area contributed by atoms with E-state index in [9.17, 15) is 9.59 Å². The molecule has 33 heavy (non-hydrogen) atoms. The number of benzene rings is 2. The first-order valence-corrected chi connectivity index (χ1v) is 13.0. The minimum atomic E-state index is -0.728. The number of hydrogen-bond donors (Lipinski definition) is 1. The molecule has 1 aliphatic rings. The van der Waals surface area contributed by atoms with Gasteiger partial charge in [-0.15, -0.1) is 11.8 Å². The number of carbonyl (C=O) groups is 2. The normalized spacial score (nSPS) is 18.0. The quantitative estimate of drug-likeness (QED) is 0.301. The molecule has 6 heteroatoms. The van der Waals surface area contributed by atoms with Gasteiger partial charge in [-0.25, -0.2) is 0 Å². The van der Waals surface area contributed by atoms with E-state index in [1.165, 1.54) is 0 Å². The number of aliphatic carboxylic acids is 1. The van der Waals surface area contributed by atoms with E-state index in [2.05, 4.69) is 19.1 Å². The van der Waals surface area contributed by atoms with E-state index in [1.54, 1.807) is 11.8 Å². The van der Waals surface area contributed by atoms with Crippen LogP contribution < -0.4 is 4.74 Å². The lowest BCUT2D eigenvalue weighted by molar-refractivity contribution is -0.137. The number of hydrogen-bond acceptors (Lipinski definition) is 4. The number of nitrogens with zero attached hydrogens (tertiary/aromatic N) is 1. The zero-order valence-corrected chi connectivity index (χ0v) is 20.3. The lowest BCUT2D eigenvalue weighted by Gasteiger charge is -2.24. The summed E-state index contributed by atoms with van der Waals surface area (Å²) >= 11 is 1.77. The minimum Gasteiger partial charge on any atom is -0.481 e. The molecule has 178 valence electrons. The Morgan fingerprint density at radius 2 is 1.70 bits per heavy atom. The molecule has 5 nitrogen and oxygen atoms in total. The van der Waals surface area contributed by atoms with E-state index in [-0.39, 0.29) is 23.0 Å². The van der Waals surface area contributed by atoms with Gasteiger partial charge in [-0.3, -0.25) is 9.59 Å². The molecule has 0 radical (unpaired) electrons. The average Bonchev–Trinajstić information content (AvgIpc) is 3.13. The SMILES string of the molecule is CCCCC1SC(c2cccc(Oc3ccccc3)c2)N(CCCCCCCC(=O)O)C1=O. The highest BCUT2D eigenvalue weighted by Crippen LogP contribution is 2.45. The molecule has 1 aliphatic heterocycles. The van der Waals surface area contributed by atoms with Crippen molar-refractivity contribution in [3.63, 3.8) is 0 Å². The molecule has 0 bridgehead atoms. The van der Waals surface area contributed by atoms with E-state index in [4.69, 9.17) is 9.84 Å². The van der Waals surface area contributed by atoms with Crippen LogP contribution in [0.3, 0.4) is 0 Å². The molecule has 3 rings (SSSR count). The summed E-state index contributed by atoms with van der Waals surface area (Å²) in [4.78, 5) is 25.9. The van der Waals surface area contributed by atoms with E-state index in [1.807, 2.05) is 47.4 Å². The van der Waals surface area contributed by atoms with E-state index < -0.39 is 5.97 Å². The monoisotopic (exact) mass is 469 g/mol. The second-order valence-electron chi connectivity index (χ2n) is 8.55. The number of para-hydroxylation sites is 1. The fraction of sp³-hybridized carbons (Fsp3) is 0.481. The number of carboxylic acid groups (broad SMARTS) is 1. The van der Waals surface area contributed by atoms with Gasteiger partial charge in [0.2, 0.25) is 5.91 Å². The number of thioether (sulfide) groups is 1. The maximum Gasteiger partial charge on any atom is 0.303 e. The van der Waals surface area contributed by atoms with Gasteiger partial charge < -0.3 is 14.7 Å². The van der Waals surface area contributed by atoms with Crippen LogP contribution in [0.5, 0.6) is 11.5 Å². The first-order chi connectivity index (χ1) is 16.1. The number of rotatable bonds is 14. The van der Waals surface area contributed by atoms with Crippen LogP contribution in [0.1, 0.15) is 75.6 Å². The summed E-state index contributed by atoms with van der Waals surface area (Å²) in [5.41, 5.74) is 1.10. The number of amides is 1. The lowest BCUT2D eigenvalue weighted by Crippen LogP contribution is -2.32. The second-order valence-corrected chi connectivity index (χ2v) is 9.84. The highest BCUT2D eigenvalue weighted by Gasteiger charge is 2.40. The van der Waals surface area contributed by atoms with Crippen molar-refractivity contribution in [2.75, 3.05) is 6.54 Å². The maximum atomic E-state index is 13.2. The fourth-order valence-electron chi connectivity index (χ4n) is 4.10. The van der Waals surface area contributed by atoms with Gasteiger partial charge in [0.15, 0.2) is 0 Å². The Morgan fingerprint density at radius 1 is 0.970 bits per heavy atom. The van der Waals surface area contributed by atoms with Crippen LogP contribution in [-0.4, -0.2) is 33.7 Å². The van der Waals surface area contributed by atoms with E-state index >= 15 is 0 Å². The molecule has 0 aromatic heterocycles. The summed E-state index contributed by atoms with van der Waals surface area (Å²) in [6.07, 6.45) is 7.92. The zero-order chi connectivity index (χ0) is 23.5. The Bertz CT molecular complexity index is 889. The van der Waals surface area contributed by atoms with Gasteiger partial charge in [0, 0.05) is 13.0 Å². The number of carboxylic acids is 1. The van der Waals surface area contributed by atoms with Crippen LogP contribution in [0, 0.1) is 0 Å². The average molecular weight is 470 g/mol. The van der Waals surface area contributed by atoms with Gasteiger partial charge in [-0.2, -0.15) is 0 Å². The third-order valence-electron chi connectivity index (χ3n) is 5.87. The first kappa shape index (κ1) is 25.2. The van der Waals surface area contributed by atoms with Gasteiger partial charge in [-0.1, -0.05) is 69.4 Å². The summed E-state index contributed by atoms with van der Waals surface area (Å²) in [5, 5.41) is 8.78. The van der Waals surface area contributed by atoms with Crippen molar-refractivity contribution in [1.29, 1.82) is 0 Å². The Hall–Kier alpha value is -2.47. The van der Waals surface area contributed by atoms with Crippen molar-refractivity contribution in [3.8, 4) is 11.5 Å². The van der Waals surface area contributed by atoms with Gasteiger partial charge in [0.05, 0.1) is 5.25 Å². The molecule has 1 N–H and O–H groups in total. The third kappa shape index (κ3) is 7.81. The third-order valence-corrected chi connectivity index (χ3v) is 7.42. The largest absolute Gasteiger partial charge is 0.481 e. The minimum absolute atomic E-state index is 0.00527. The van der Waals surface area contributed by atoms with Gasteiger partial charge in [0.25, 0.3) is 0 Å². The van der Waals surface area contributed by atoms with Crippen LogP contribution in [0.15, 0.2) is 54.6 Å². The van der Waals surface area contributed by atoms with Crippen molar-refractivity contribution < 1.29 is 19.4 Å². The predicted octanol–water partition coefficient (Wildman–Crippen LogP) is 7.04. The molecule has 1 fully saturated rings. The number of carbonyl (C=O) groups excluding carboxylic acids is 1. The topological polar surface area (TPSA) is 66.8 Å². The molecule has 0 saturated carbocycles. The van der Waals surface area contributed by atoms with Crippen molar-refractivity contribution >= 4 is 23.6 Å². The highest BCUT2D eigenvalue weighted by molar-refractivity contribution is 8.01. The van der Waals surface area contributed by atoms with Gasteiger partial charge in [0.1, 0.15) is 16.9 Å². The smallest absolute Gasteiger partial charge is 0.303 e. The Morgan fingerprint density at radius 3 is 2.45 bits per heavy atom. The van der Waals surface area contributed by atoms with Crippen LogP contribution >= 0.6 is 11.8 Å². The van der Waals surface area contributed by atoms with E-state index in [0.29, 0.717) is 0 Å². The van der Waals surface area contributed by atoms with Crippen LogP contribution in [0.25, 0.3) is 0 Å². The van der Waals surface area contributed by atoms with Crippen molar-refractivity contribution in [3.05, 3.63) is 60.2 Å². The van der Waals surface area contributed by atoms with Crippen molar-refractivity contribution in [2.24, 2.45) is 0 Å². The number of unbranched alkanes of at least 4 members (excludes halogenated alkanes) is 5. The van der Waals surface area contributed by atoms with Gasteiger partial charge >= 0.3 is 5.97 Å². The Labute approximate surface area is 201 Å². The van der Waals surface area contributed by atoms with Crippen LogP contribution in [-0.2, 0) is 9.59 Å². The summed E-state index contributed by atoms with van der Waals surface area (Å²) in [6, 6.07) is 17.8. The second kappa shape index (κ2) is 13.3. The molecule has 0 spiro atoms. The number of ether oxygens (including phenoxy) is 1. The van der Waals surface area contributed by atoms with Crippen molar-refractivity contribution in [2.45, 2.75) is 75.3 Å². The Kier molecular flexibility index (Phi) is 10.1. The van der Waals surface area contributed by atoms with Gasteiger partial charge in [-0.05, 0) is 49.1 Å². The standard InChI is InChI=1S/C27H35NO4S/c1-2-3-17-24-26(31)28(19-11-6-4-5-10-18-25(29)30)27(33-24)21-13-12-16-23(20-21)32-22-14-8-7-9-15-22/h7-9,12-16,20,24,27H,2-6,10-11,17-19H2,1H3,(H,29,30). The molecule has 1 saturated heterocycles. The molecule has 2 unspecified atom stereocenters. The molecule has 2 aromatic carbocycles. The molecule has 2 atom stereocenters. The first-order valence-electron chi connectivity index (χ1n) is 12.1. The van der Waals surface area contributed by atoms with Crippen molar-refractivity contribution in [1.82, 2.24) is 4.90 Å². The molecule has 1 amide bonds. The summed E-state index contributed by atoms with van der Waals surface area (Å²) in [6.45, 7) is 2.90. The summed E-state index contributed by atoms with van der Waals surface area (Å²) in [5.74, 6) is 1.10. The molecule has 1 heterocycles. The summed E-state index contributed by atoms with van der Waals surface area (Å²) < 4.78 is 6.03. The zero-order valence-electron chi connectivity index (χ0n) is 19.4. The van der Waals surface area contributed by atoms with Crippen LogP contribution in [0.2, 0.25) is 0 Å². The fourth-order valence-corrected chi connectivity index (χ4v) is 5.63. The Balaban J connectivity index is 1.63. The maximum absolute atomic E-state index is 13.2. The lowest BCUT2D eigenvalue weighted by atomic mass is 10.1. The molecule has 2 aromatic rings. The highest BCUT2D eigenvalue weighted by atomic mass is 32.2. The van der Waals surface area contributed by atoms with Crippen LogP contribution in [0.4, 0.5) is 0 Å². The summed E-state index contributed by atoms with van der Waals surface area (Å²) in [7, 11) is 0. The molecule has 0 aliphatic carbocycles. The predicted molar refractivity (Wildman–Crippen MR) is 134 cm³/mol. The molecular formula is C27H35NO4S. The molecular weight excluding hydrogens is 434 g/mol.